The van der Waals surface area contributed by atoms with Gasteiger partial charge in [-0.25, -0.2) is 0 Å². The zero-order chi connectivity index (χ0) is 11.1. The monoisotopic (exact) mass is 205 g/mol. The lowest BCUT2D eigenvalue weighted by atomic mass is 10.2. The van der Waals surface area contributed by atoms with E-state index in [9.17, 15) is 4.79 Å². The van der Waals surface area contributed by atoms with E-state index < -0.39 is 5.97 Å². The molecule has 1 rings (SSSR count). The maximum Gasteiger partial charge on any atom is 0.303 e. The van der Waals surface area contributed by atoms with Crippen molar-refractivity contribution in [1.82, 2.24) is 0 Å². The standard InChI is InChI=1S/C11H11NO3/c12-8-9-4-1-2-5-10(9)15-7-3-6-11(13)14/h1-2,4-5H,3,6-7H2,(H,13,14). The highest BCUT2D eigenvalue weighted by atomic mass is 16.5. The van der Waals surface area contributed by atoms with Gasteiger partial charge in [0.25, 0.3) is 0 Å². The van der Waals surface area contributed by atoms with Gasteiger partial charge < -0.3 is 9.84 Å². The Balaban J connectivity index is 2.44. The van der Waals surface area contributed by atoms with Crippen LogP contribution >= 0.6 is 0 Å². The average molecular weight is 205 g/mol. The summed E-state index contributed by atoms with van der Waals surface area (Å²) in [4.78, 5) is 10.2. The molecule has 0 heterocycles. The average Bonchev–Trinajstić information content (AvgIpc) is 2.24. The third-order valence-corrected chi connectivity index (χ3v) is 1.80. The molecule has 0 fully saturated rings. The quantitative estimate of drug-likeness (QED) is 0.744. The van der Waals surface area contributed by atoms with Crippen LogP contribution in [0.1, 0.15) is 18.4 Å². The van der Waals surface area contributed by atoms with Crippen molar-refractivity contribution in [3.63, 3.8) is 0 Å². The Morgan fingerprint density at radius 3 is 2.87 bits per heavy atom. The summed E-state index contributed by atoms with van der Waals surface area (Å²) < 4.78 is 5.29. The zero-order valence-corrected chi connectivity index (χ0v) is 8.14. The minimum Gasteiger partial charge on any atom is -0.492 e. The molecule has 0 saturated carbocycles. The molecular weight excluding hydrogens is 194 g/mol. The first-order chi connectivity index (χ1) is 7.24. The Labute approximate surface area is 87.7 Å². The predicted octanol–water partition coefficient (Wildman–Crippen LogP) is 1.80. The highest BCUT2D eigenvalue weighted by Gasteiger charge is 2.02. The molecule has 0 aliphatic carbocycles. The molecule has 0 saturated heterocycles. The maximum absolute atomic E-state index is 10.2. The lowest BCUT2D eigenvalue weighted by Crippen LogP contribution is -2.02. The third kappa shape index (κ3) is 3.69. The van der Waals surface area contributed by atoms with Crippen LogP contribution in [-0.2, 0) is 4.79 Å². The van der Waals surface area contributed by atoms with E-state index in [1.165, 1.54) is 0 Å². The molecule has 0 amide bonds. The van der Waals surface area contributed by atoms with E-state index in [4.69, 9.17) is 15.1 Å². The Hall–Kier alpha value is -2.02. The molecule has 0 radical (unpaired) electrons. The SMILES string of the molecule is N#Cc1ccccc1OCCCC(=O)O. The number of hydrogen-bond acceptors (Lipinski definition) is 3. The van der Waals surface area contributed by atoms with E-state index in [1.807, 2.05) is 6.07 Å². The van der Waals surface area contributed by atoms with Crippen LogP contribution in [0.4, 0.5) is 0 Å². The van der Waals surface area contributed by atoms with Crippen LogP contribution in [0.5, 0.6) is 5.75 Å². The third-order valence-electron chi connectivity index (χ3n) is 1.80. The van der Waals surface area contributed by atoms with Gasteiger partial charge in [-0.15, -0.1) is 0 Å². The summed E-state index contributed by atoms with van der Waals surface area (Å²) in [5, 5.41) is 17.1. The number of rotatable bonds is 5. The predicted molar refractivity (Wildman–Crippen MR) is 53.5 cm³/mol. The molecule has 0 aliphatic rings. The molecule has 1 N–H and O–H groups in total. The van der Waals surface area contributed by atoms with E-state index in [1.54, 1.807) is 24.3 Å². The summed E-state index contributed by atoms with van der Waals surface area (Å²) in [5.74, 6) is -0.336. The van der Waals surface area contributed by atoms with Gasteiger partial charge in [-0.3, -0.25) is 4.79 Å². The van der Waals surface area contributed by atoms with Crippen molar-refractivity contribution in [1.29, 1.82) is 5.26 Å². The minimum absolute atomic E-state index is 0.0781. The van der Waals surface area contributed by atoms with Crippen molar-refractivity contribution in [3.05, 3.63) is 29.8 Å². The van der Waals surface area contributed by atoms with Gasteiger partial charge in [-0.2, -0.15) is 5.26 Å². The van der Waals surface area contributed by atoms with Crippen LogP contribution in [0.25, 0.3) is 0 Å². The Morgan fingerprint density at radius 2 is 2.20 bits per heavy atom. The number of carbonyl (C=O) groups is 1. The van der Waals surface area contributed by atoms with Crippen molar-refractivity contribution in [3.8, 4) is 11.8 Å². The van der Waals surface area contributed by atoms with Crippen molar-refractivity contribution < 1.29 is 14.6 Å². The lowest BCUT2D eigenvalue weighted by Gasteiger charge is -2.05. The fraction of sp³-hybridized carbons (Fsp3) is 0.273. The van der Waals surface area contributed by atoms with Crippen LogP contribution in [0.3, 0.4) is 0 Å². The smallest absolute Gasteiger partial charge is 0.303 e. The molecular formula is C11H11NO3. The molecule has 1 aromatic carbocycles. The second kappa shape index (κ2) is 5.66. The molecule has 78 valence electrons. The van der Waals surface area contributed by atoms with Crippen LogP contribution < -0.4 is 4.74 Å². The topological polar surface area (TPSA) is 70.3 Å². The van der Waals surface area contributed by atoms with Gasteiger partial charge in [0.2, 0.25) is 0 Å². The van der Waals surface area contributed by atoms with E-state index in [0.29, 0.717) is 24.3 Å². The summed E-state index contributed by atoms with van der Waals surface area (Å²) in [7, 11) is 0. The molecule has 0 spiro atoms. The van der Waals surface area contributed by atoms with Gasteiger partial charge in [-0.1, -0.05) is 12.1 Å². The molecule has 0 aliphatic heterocycles. The number of para-hydroxylation sites is 1. The zero-order valence-electron chi connectivity index (χ0n) is 8.14. The van der Waals surface area contributed by atoms with Crippen molar-refractivity contribution in [2.45, 2.75) is 12.8 Å². The molecule has 15 heavy (non-hydrogen) atoms. The van der Waals surface area contributed by atoms with E-state index in [2.05, 4.69) is 0 Å². The Bertz CT molecular complexity index is 382. The van der Waals surface area contributed by atoms with Gasteiger partial charge in [0.05, 0.1) is 12.2 Å². The van der Waals surface area contributed by atoms with E-state index >= 15 is 0 Å². The fourth-order valence-electron chi connectivity index (χ4n) is 1.09. The Morgan fingerprint density at radius 1 is 1.47 bits per heavy atom. The molecule has 0 unspecified atom stereocenters. The first-order valence-corrected chi connectivity index (χ1v) is 4.58. The first-order valence-electron chi connectivity index (χ1n) is 4.58. The lowest BCUT2D eigenvalue weighted by molar-refractivity contribution is -0.137. The van der Waals surface area contributed by atoms with Gasteiger partial charge >= 0.3 is 5.97 Å². The molecule has 0 bridgehead atoms. The molecule has 0 aromatic heterocycles. The first kappa shape index (κ1) is 11.1. The van der Waals surface area contributed by atoms with Gasteiger partial charge in [0.1, 0.15) is 11.8 Å². The number of nitrogens with zero attached hydrogens (tertiary/aromatic N) is 1. The molecule has 4 nitrogen and oxygen atoms in total. The fourth-order valence-corrected chi connectivity index (χ4v) is 1.09. The van der Waals surface area contributed by atoms with Crippen molar-refractivity contribution in [2.75, 3.05) is 6.61 Å². The number of carboxylic acid groups (broad SMARTS) is 1. The normalized spacial score (nSPS) is 9.27. The Kier molecular flexibility index (Phi) is 4.17. The number of nitriles is 1. The molecule has 4 heteroatoms. The van der Waals surface area contributed by atoms with E-state index in [0.717, 1.165) is 0 Å². The number of benzene rings is 1. The maximum atomic E-state index is 10.2. The summed E-state index contributed by atoms with van der Waals surface area (Å²) in [6.07, 6.45) is 0.518. The number of hydrogen-bond donors (Lipinski definition) is 1. The van der Waals surface area contributed by atoms with Gasteiger partial charge in [0, 0.05) is 6.42 Å². The largest absolute Gasteiger partial charge is 0.492 e. The van der Waals surface area contributed by atoms with Crippen LogP contribution in [0, 0.1) is 11.3 Å². The summed E-state index contributed by atoms with van der Waals surface area (Å²) >= 11 is 0. The second-order valence-corrected chi connectivity index (χ2v) is 2.95. The van der Waals surface area contributed by atoms with Crippen molar-refractivity contribution in [2.24, 2.45) is 0 Å². The van der Waals surface area contributed by atoms with Crippen LogP contribution in [-0.4, -0.2) is 17.7 Å². The number of ether oxygens (including phenoxy) is 1. The highest BCUT2D eigenvalue weighted by molar-refractivity contribution is 5.66. The van der Waals surface area contributed by atoms with E-state index in [-0.39, 0.29) is 6.42 Å². The molecule has 1 aromatic rings. The van der Waals surface area contributed by atoms with Crippen molar-refractivity contribution >= 4 is 5.97 Å². The summed E-state index contributed by atoms with van der Waals surface area (Å²) in [6.45, 7) is 0.311. The number of carboxylic acids is 1. The van der Waals surface area contributed by atoms with Crippen LogP contribution in [0.15, 0.2) is 24.3 Å². The molecule has 0 atom stereocenters. The van der Waals surface area contributed by atoms with Gasteiger partial charge in [0.15, 0.2) is 0 Å². The number of aliphatic carboxylic acids is 1. The second-order valence-electron chi connectivity index (χ2n) is 2.95. The minimum atomic E-state index is -0.841. The highest BCUT2D eigenvalue weighted by Crippen LogP contribution is 2.16. The summed E-state index contributed by atoms with van der Waals surface area (Å²) in [5.41, 5.74) is 0.466. The van der Waals surface area contributed by atoms with Gasteiger partial charge in [-0.05, 0) is 18.6 Å². The summed E-state index contributed by atoms with van der Waals surface area (Å²) in [6, 6.07) is 8.88. The van der Waals surface area contributed by atoms with Crippen LogP contribution in [0.2, 0.25) is 0 Å².